The van der Waals surface area contributed by atoms with Gasteiger partial charge in [-0.05, 0) is 36.8 Å². The number of fused-ring (bicyclic) bond motifs is 1. The lowest BCUT2D eigenvalue weighted by Gasteiger charge is -2.17. The predicted molar refractivity (Wildman–Crippen MR) is 126 cm³/mol. The third kappa shape index (κ3) is 4.61. The lowest BCUT2D eigenvalue weighted by molar-refractivity contribution is -0.124. The number of ether oxygens (including phenoxy) is 1. The summed E-state index contributed by atoms with van der Waals surface area (Å²) in [5.41, 5.74) is 3.02. The molecule has 6 nitrogen and oxygen atoms in total. The summed E-state index contributed by atoms with van der Waals surface area (Å²) in [5, 5.41) is 3.20. The van der Waals surface area contributed by atoms with Crippen molar-refractivity contribution in [3.8, 4) is 11.4 Å². The normalized spacial score (nSPS) is 11.8. The van der Waals surface area contributed by atoms with E-state index in [2.05, 4.69) is 15.3 Å². The van der Waals surface area contributed by atoms with Gasteiger partial charge in [0.2, 0.25) is 0 Å². The van der Waals surface area contributed by atoms with Crippen LogP contribution in [-0.2, 0) is 9.53 Å². The number of aromatic nitrogens is 2. The van der Waals surface area contributed by atoms with E-state index < -0.39 is 18.0 Å². The Morgan fingerprint density at radius 1 is 1.06 bits per heavy atom. The fourth-order valence-corrected chi connectivity index (χ4v) is 3.55. The molecule has 0 aliphatic rings. The first-order valence-corrected chi connectivity index (χ1v) is 10.7. The number of hydrogen-bond acceptors (Lipinski definition) is 4. The maximum Gasteiger partial charge on any atom is 0.338 e. The molecule has 0 fully saturated rings. The number of imidazole rings is 1. The second-order valence-electron chi connectivity index (χ2n) is 7.08. The van der Waals surface area contributed by atoms with Crippen LogP contribution in [-0.4, -0.2) is 27.9 Å². The van der Waals surface area contributed by atoms with E-state index in [1.807, 2.05) is 30.3 Å². The Bertz CT molecular complexity index is 1290. The molecule has 1 aromatic heterocycles. The van der Waals surface area contributed by atoms with Gasteiger partial charge in [-0.1, -0.05) is 66.5 Å². The largest absolute Gasteiger partial charge is 0.449 e. The molecule has 0 saturated carbocycles. The van der Waals surface area contributed by atoms with Crippen molar-refractivity contribution in [1.82, 2.24) is 9.97 Å². The number of aromatic amines is 1. The number of benzene rings is 3. The summed E-state index contributed by atoms with van der Waals surface area (Å²) < 4.78 is 5.47. The van der Waals surface area contributed by atoms with E-state index in [0.717, 1.165) is 11.1 Å². The number of esters is 1. The van der Waals surface area contributed by atoms with Gasteiger partial charge >= 0.3 is 5.97 Å². The fourth-order valence-electron chi connectivity index (χ4n) is 3.20. The first-order chi connectivity index (χ1) is 15.5. The van der Waals surface area contributed by atoms with Crippen molar-refractivity contribution in [2.45, 2.75) is 19.4 Å². The number of amides is 1. The van der Waals surface area contributed by atoms with Crippen LogP contribution < -0.4 is 5.32 Å². The number of anilines is 1. The van der Waals surface area contributed by atoms with E-state index in [1.54, 1.807) is 43.3 Å². The topological polar surface area (TPSA) is 84.1 Å². The third-order valence-electron chi connectivity index (χ3n) is 4.89. The van der Waals surface area contributed by atoms with Crippen molar-refractivity contribution in [1.29, 1.82) is 0 Å². The van der Waals surface area contributed by atoms with E-state index in [0.29, 0.717) is 34.0 Å². The highest BCUT2D eigenvalue weighted by Crippen LogP contribution is 2.30. The Hall–Kier alpha value is -3.35. The summed E-state index contributed by atoms with van der Waals surface area (Å²) in [7, 11) is 0. The zero-order valence-electron chi connectivity index (χ0n) is 17.1. The van der Waals surface area contributed by atoms with Gasteiger partial charge < -0.3 is 15.0 Å². The highest BCUT2D eigenvalue weighted by Gasteiger charge is 2.23. The number of halogens is 2. The summed E-state index contributed by atoms with van der Waals surface area (Å²) in [5.74, 6) is -0.392. The smallest absolute Gasteiger partial charge is 0.338 e. The zero-order chi connectivity index (χ0) is 22.7. The van der Waals surface area contributed by atoms with Crippen LogP contribution in [0.25, 0.3) is 22.4 Å². The minimum absolute atomic E-state index is 0.225. The van der Waals surface area contributed by atoms with Crippen LogP contribution in [0, 0.1) is 0 Å². The molecule has 8 heteroatoms. The van der Waals surface area contributed by atoms with Crippen LogP contribution in [0.5, 0.6) is 0 Å². The van der Waals surface area contributed by atoms with Crippen molar-refractivity contribution in [2.75, 3.05) is 5.32 Å². The Morgan fingerprint density at radius 2 is 1.84 bits per heavy atom. The molecule has 2 N–H and O–H groups in total. The van der Waals surface area contributed by atoms with Gasteiger partial charge in [0.1, 0.15) is 5.82 Å². The molecule has 32 heavy (non-hydrogen) atoms. The molecule has 3 aromatic carbocycles. The lowest BCUT2D eigenvalue weighted by Crippen LogP contribution is -2.32. The Kier molecular flexibility index (Phi) is 6.44. The van der Waals surface area contributed by atoms with E-state index >= 15 is 0 Å². The molecule has 162 valence electrons. The van der Waals surface area contributed by atoms with Crippen molar-refractivity contribution < 1.29 is 14.3 Å². The van der Waals surface area contributed by atoms with Crippen LogP contribution in [0.15, 0.2) is 66.7 Å². The molecule has 4 rings (SSSR count). The van der Waals surface area contributed by atoms with Crippen LogP contribution >= 0.6 is 23.2 Å². The van der Waals surface area contributed by atoms with Gasteiger partial charge in [-0.25, -0.2) is 9.78 Å². The van der Waals surface area contributed by atoms with Crippen LogP contribution in [0.4, 0.5) is 5.69 Å². The molecule has 0 aliphatic heterocycles. The molecule has 1 atom stereocenters. The maximum absolute atomic E-state index is 12.7. The van der Waals surface area contributed by atoms with Crippen LogP contribution in [0.1, 0.15) is 23.7 Å². The summed E-state index contributed by atoms with van der Waals surface area (Å²) in [6, 6.07) is 19.6. The quantitative estimate of drug-likeness (QED) is 0.335. The molecular weight excluding hydrogens is 449 g/mol. The number of H-pyrrole nitrogens is 1. The van der Waals surface area contributed by atoms with Gasteiger partial charge in [0.15, 0.2) is 6.10 Å². The minimum atomic E-state index is -0.991. The first kappa shape index (κ1) is 21.9. The summed E-state index contributed by atoms with van der Waals surface area (Å²) in [4.78, 5) is 33.1. The number of nitrogens with one attached hydrogen (secondary N) is 2. The molecule has 0 spiro atoms. The van der Waals surface area contributed by atoms with Crippen LogP contribution in [0.3, 0.4) is 0 Å². The van der Waals surface area contributed by atoms with E-state index in [4.69, 9.17) is 27.9 Å². The lowest BCUT2D eigenvalue weighted by atomic mass is 10.2. The van der Waals surface area contributed by atoms with Crippen LogP contribution in [0.2, 0.25) is 10.0 Å². The molecule has 0 bridgehead atoms. The van der Waals surface area contributed by atoms with Gasteiger partial charge in [0.25, 0.3) is 5.91 Å². The number of rotatable bonds is 6. The summed E-state index contributed by atoms with van der Waals surface area (Å²) in [6.45, 7) is 1.75. The van der Waals surface area contributed by atoms with Crippen molar-refractivity contribution in [3.63, 3.8) is 0 Å². The molecule has 1 heterocycles. The van der Waals surface area contributed by atoms with Gasteiger partial charge in [0, 0.05) is 5.56 Å². The number of nitrogens with zero attached hydrogens (tertiary/aromatic N) is 1. The average Bonchev–Trinajstić information content (AvgIpc) is 3.24. The number of hydrogen-bond donors (Lipinski definition) is 2. The summed E-state index contributed by atoms with van der Waals surface area (Å²) in [6.07, 6.45) is -0.699. The average molecular weight is 468 g/mol. The second-order valence-corrected chi connectivity index (χ2v) is 7.86. The van der Waals surface area contributed by atoms with E-state index in [-0.39, 0.29) is 5.02 Å². The van der Waals surface area contributed by atoms with Gasteiger partial charge in [0.05, 0.1) is 32.3 Å². The van der Waals surface area contributed by atoms with E-state index in [1.165, 1.54) is 0 Å². The fraction of sp³-hybridized carbons (Fsp3) is 0.125. The van der Waals surface area contributed by atoms with Crippen molar-refractivity contribution in [3.05, 3.63) is 82.3 Å². The number of carbonyl (C=O) groups is 2. The molecular formula is C24H19Cl2N3O3. The molecule has 0 aliphatic carbocycles. The van der Waals surface area contributed by atoms with Gasteiger partial charge in [-0.2, -0.15) is 0 Å². The Labute approximate surface area is 194 Å². The standard InChI is InChI=1S/C24H19Cl2N3O3/c1-2-20(23(30)29-18-10-6-9-16(25)21(18)26)32-24(31)15-11-12-17-19(13-15)28-22(27-17)14-7-4-3-5-8-14/h3-13,20H,2H2,1H3,(H,27,28)(H,29,30). The Balaban J connectivity index is 1.50. The Morgan fingerprint density at radius 3 is 2.59 bits per heavy atom. The third-order valence-corrected chi connectivity index (χ3v) is 5.71. The predicted octanol–water partition coefficient (Wildman–Crippen LogP) is 6.11. The van der Waals surface area contributed by atoms with Crippen molar-refractivity contribution >= 4 is 51.8 Å². The molecule has 1 unspecified atom stereocenters. The molecule has 1 amide bonds. The highest BCUT2D eigenvalue weighted by atomic mass is 35.5. The number of carbonyl (C=O) groups excluding carboxylic acids is 2. The SMILES string of the molecule is CCC(OC(=O)c1ccc2nc(-c3ccccc3)[nH]c2c1)C(=O)Nc1cccc(Cl)c1Cl. The first-order valence-electron chi connectivity index (χ1n) is 9.97. The minimum Gasteiger partial charge on any atom is -0.449 e. The summed E-state index contributed by atoms with van der Waals surface area (Å²) >= 11 is 12.1. The highest BCUT2D eigenvalue weighted by molar-refractivity contribution is 6.44. The monoisotopic (exact) mass is 467 g/mol. The zero-order valence-corrected chi connectivity index (χ0v) is 18.6. The maximum atomic E-state index is 12.7. The second kappa shape index (κ2) is 9.42. The van der Waals surface area contributed by atoms with E-state index in [9.17, 15) is 9.59 Å². The molecule has 0 radical (unpaired) electrons. The van der Waals surface area contributed by atoms with Gasteiger partial charge in [-0.15, -0.1) is 0 Å². The van der Waals surface area contributed by atoms with Crippen molar-refractivity contribution in [2.24, 2.45) is 0 Å². The molecule has 4 aromatic rings. The van der Waals surface area contributed by atoms with Gasteiger partial charge in [-0.3, -0.25) is 4.79 Å². The molecule has 0 saturated heterocycles.